The van der Waals surface area contributed by atoms with Crippen LogP contribution in [-0.2, 0) is 16.1 Å². The van der Waals surface area contributed by atoms with E-state index in [0.29, 0.717) is 36.4 Å². The monoisotopic (exact) mass is 448 g/mol. The first-order chi connectivity index (χ1) is 16.0. The van der Waals surface area contributed by atoms with E-state index < -0.39 is 5.97 Å². The average Bonchev–Trinajstić information content (AvgIpc) is 2.82. The van der Waals surface area contributed by atoms with E-state index in [-0.39, 0.29) is 12.3 Å². The summed E-state index contributed by atoms with van der Waals surface area (Å²) in [5.74, 6) is -0.257. The molecule has 0 radical (unpaired) electrons. The largest absolute Gasteiger partial charge is 0.480 e. The molecule has 33 heavy (non-hydrogen) atoms. The van der Waals surface area contributed by atoms with Gasteiger partial charge in [-0.2, -0.15) is 10.1 Å². The highest BCUT2D eigenvalue weighted by Crippen LogP contribution is 2.31. The van der Waals surface area contributed by atoms with E-state index in [2.05, 4.69) is 9.97 Å². The molecule has 0 saturated heterocycles. The van der Waals surface area contributed by atoms with Gasteiger partial charge in [0.05, 0.1) is 6.61 Å². The number of aliphatic carboxylic acids is 1. The van der Waals surface area contributed by atoms with Gasteiger partial charge in [-0.1, -0.05) is 29.8 Å². The first-order valence-electron chi connectivity index (χ1n) is 11.3. The lowest BCUT2D eigenvalue weighted by Gasteiger charge is -2.28. The molecule has 0 aliphatic heterocycles. The van der Waals surface area contributed by atoms with Crippen molar-refractivity contribution in [1.82, 2.24) is 19.7 Å². The van der Waals surface area contributed by atoms with Crippen molar-refractivity contribution in [3.63, 3.8) is 0 Å². The zero-order valence-electron chi connectivity index (χ0n) is 18.7. The lowest BCUT2D eigenvalue weighted by Crippen LogP contribution is -2.31. The molecule has 0 unspecified atom stereocenters. The van der Waals surface area contributed by atoms with Crippen LogP contribution in [0.4, 0.5) is 0 Å². The Hall–Kier alpha value is -3.39. The van der Waals surface area contributed by atoms with Crippen LogP contribution in [0, 0.1) is 18.8 Å². The van der Waals surface area contributed by atoms with Crippen molar-refractivity contribution in [2.45, 2.75) is 39.2 Å². The van der Waals surface area contributed by atoms with Crippen LogP contribution in [0.25, 0.3) is 22.5 Å². The number of benzene rings is 1. The van der Waals surface area contributed by atoms with E-state index in [4.69, 9.17) is 14.9 Å². The third kappa shape index (κ3) is 5.90. The number of nitrogens with zero attached hydrogens (tertiary/aromatic N) is 4. The van der Waals surface area contributed by atoms with Crippen LogP contribution in [0.1, 0.15) is 31.2 Å². The quantitative estimate of drug-likeness (QED) is 0.561. The summed E-state index contributed by atoms with van der Waals surface area (Å²) in [5.41, 5.74) is 3.74. The molecule has 1 aliphatic carbocycles. The van der Waals surface area contributed by atoms with Crippen LogP contribution in [0.15, 0.2) is 53.6 Å². The van der Waals surface area contributed by atoms with Gasteiger partial charge < -0.3 is 9.84 Å². The molecule has 0 amide bonds. The Morgan fingerprint density at radius 3 is 2.30 bits per heavy atom. The first kappa shape index (κ1) is 22.8. The Bertz CT molecular complexity index is 1140. The van der Waals surface area contributed by atoms with Gasteiger partial charge in [-0.25, -0.2) is 14.3 Å². The number of pyridine rings is 1. The fraction of sp³-hybridized carbons (Fsp3) is 0.400. The van der Waals surface area contributed by atoms with Gasteiger partial charge in [0.2, 0.25) is 0 Å². The molecule has 0 bridgehead atoms. The molecule has 1 saturated carbocycles. The second kappa shape index (κ2) is 10.5. The lowest BCUT2D eigenvalue weighted by atomic mass is 9.82. The van der Waals surface area contributed by atoms with Crippen molar-refractivity contribution in [3.8, 4) is 22.5 Å². The normalized spacial score (nSPS) is 18.2. The van der Waals surface area contributed by atoms with Gasteiger partial charge >= 0.3 is 11.7 Å². The molecule has 2 aromatic heterocycles. The average molecular weight is 449 g/mol. The molecule has 8 heteroatoms. The Morgan fingerprint density at radius 2 is 1.64 bits per heavy atom. The molecule has 4 rings (SSSR count). The Labute approximate surface area is 192 Å². The van der Waals surface area contributed by atoms with E-state index >= 15 is 0 Å². The summed E-state index contributed by atoms with van der Waals surface area (Å²) in [4.78, 5) is 32.0. The minimum absolute atomic E-state index is 0.253. The summed E-state index contributed by atoms with van der Waals surface area (Å²) < 4.78 is 6.75. The molecule has 1 aromatic carbocycles. The van der Waals surface area contributed by atoms with Gasteiger partial charge in [0.15, 0.2) is 0 Å². The predicted octanol–water partition coefficient (Wildman–Crippen LogP) is 3.58. The molecular weight excluding hydrogens is 420 g/mol. The second-order valence-electron chi connectivity index (χ2n) is 8.67. The number of ether oxygens (including phenoxy) is 1. The third-order valence-electron chi connectivity index (χ3n) is 6.13. The first-order valence-corrected chi connectivity index (χ1v) is 11.3. The number of aromatic nitrogens is 4. The van der Waals surface area contributed by atoms with E-state index in [1.54, 1.807) is 12.4 Å². The van der Waals surface area contributed by atoms with Crippen LogP contribution in [0.5, 0.6) is 0 Å². The van der Waals surface area contributed by atoms with Gasteiger partial charge in [0.1, 0.15) is 18.0 Å². The Balaban J connectivity index is 1.54. The minimum atomic E-state index is -0.943. The maximum atomic E-state index is 12.9. The van der Waals surface area contributed by atoms with Crippen molar-refractivity contribution in [2.24, 2.45) is 11.8 Å². The Kier molecular flexibility index (Phi) is 7.24. The van der Waals surface area contributed by atoms with Crippen LogP contribution in [-0.4, -0.2) is 44.0 Å². The number of hydrogen-bond donors (Lipinski definition) is 1. The topological polar surface area (TPSA) is 107 Å². The number of carboxylic acids is 1. The maximum absolute atomic E-state index is 12.9. The number of rotatable bonds is 8. The highest BCUT2D eigenvalue weighted by Gasteiger charge is 2.23. The molecule has 172 valence electrons. The van der Waals surface area contributed by atoms with Gasteiger partial charge in [-0.3, -0.25) is 4.98 Å². The van der Waals surface area contributed by atoms with Crippen LogP contribution in [0.3, 0.4) is 0 Å². The van der Waals surface area contributed by atoms with Crippen molar-refractivity contribution in [1.29, 1.82) is 0 Å². The van der Waals surface area contributed by atoms with Gasteiger partial charge in [0.25, 0.3) is 0 Å². The van der Waals surface area contributed by atoms with Gasteiger partial charge in [0, 0.05) is 30.1 Å². The fourth-order valence-electron chi connectivity index (χ4n) is 4.29. The predicted molar refractivity (Wildman–Crippen MR) is 124 cm³/mol. The van der Waals surface area contributed by atoms with E-state index in [9.17, 15) is 9.59 Å². The molecule has 1 aliphatic rings. The zero-order chi connectivity index (χ0) is 23.2. The standard InChI is InChI=1S/C25H28N4O4/c1-17-2-8-20(9-3-17)24-23(21-10-12-26-13-11-21)27-25(32)29(28-24)14-18-4-6-19(7-5-18)15-33-16-22(30)31/h2-3,8-13,18-19H,4-7,14-16H2,1H3,(H,30,31)/t18-,19+. The Morgan fingerprint density at radius 1 is 1.00 bits per heavy atom. The number of hydrogen-bond acceptors (Lipinski definition) is 6. The molecular formula is C25H28N4O4. The summed E-state index contributed by atoms with van der Waals surface area (Å²) >= 11 is 0. The molecule has 8 nitrogen and oxygen atoms in total. The molecule has 0 atom stereocenters. The summed E-state index contributed by atoms with van der Waals surface area (Å²) in [6.45, 7) is 2.76. The summed E-state index contributed by atoms with van der Waals surface area (Å²) in [6, 6.07) is 11.7. The highest BCUT2D eigenvalue weighted by atomic mass is 16.5. The smallest absolute Gasteiger partial charge is 0.364 e. The van der Waals surface area contributed by atoms with Crippen LogP contribution >= 0.6 is 0 Å². The summed E-state index contributed by atoms with van der Waals surface area (Å²) in [6.07, 6.45) is 7.15. The SMILES string of the molecule is Cc1ccc(-c2nn(C[C@H]3CC[C@@H](COCC(=O)O)CC3)c(=O)nc2-c2ccncc2)cc1. The number of carbonyl (C=O) groups is 1. The van der Waals surface area contributed by atoms with Crippen molar-refractivity contribution in [3.05, 3.63) is 64.8 Å². The van der Waals surface area contributed by atoms with Crippen LogP contribution < -0.4 is 5.69 Å². The number of aryl methyl sites for hydroxylation is 1. The van der Waals surface area contributed by atoms with Crippen molar-refractivity contribution < 1.29 is 14.6 Å². The van der Waals surface area contributed by atoms with Gasteiger partial charge in [-0.15, -0.1) is 0 Å². The minimum Gasteiger partial charge on any atom is -0.480 e. The van der Waals surface area contributed by atoms with Crippen molar-refractivity contribution in [2.75, 3.05) is 13.2 Å². The van der Waals surface area contributed by atoms with E-state index in [0.717, 1.165) is 42.4 Å². The molecule has 1 fully saturated rings. The molecule has 3 aromatic rings. The van der Waals surface area contributed by atoms with E-state index in [1.807, 2.05) is 43.3 Å². The highest BCUT2D eigenvalue weighted by molar-refractivity contribution is 5.77. The lowest BCUT2D eigenvalue weighted by molar-refractivity contribution is -0.142. The molecule has 1 N–H and O–H groups in total. The number of carboxylic acid groups (broad SMARTS) is 1. The van der Waals surface area contributed by atoms with Crippen LogP contribution in [0.2, 0.25) is 0 Å². The fourth-order valence-corrected chi connectivity index (χ4v) is 4.29. The molecule has 2 heterocycles. The second-order valence-corrected chi connectivity index (χ2v) is 8.67. The third-order valence-corrected chi connectivity index (χ3v) is 6.13. The van der Waals surface area contributed by atoms with Crippen molar-refractivity contribution >= 4 is 5.97 Å². The maximum Gasteiger partial charge on any atom is 0.364 e. The zero-order valence-corrected chi connectivity index (χ0v) is 18.7. The molecule has 0 spiro atoms. The summed E-state index contributed by atoms with van der Waals surface area (Å²) in [7, 11) is 0. The van der Waals surface area contributed by atoms with E-state index in [1.165, 1.54) is 4.68 Å². The summed E-state index contributed by atoms with van der Waals surface area (Å²) in [5, 5.41) is 13.5. The van der Waals surface area contributed by atoms with Gasteiger partial charge in [-0.05, 0) is 56.6 Å².